The molecule has 2 nitrogen and oxygen atoms in total. The minimum absolute atomic E-state index is 0.137. The Morgan fingerprint density at radius 2 is 1.67 bits per heavy atom. The Morgan fingerprint density at radius 3 is 2.24 bits per heavy atom. The average Bonchev–Trinajstić information content (AvgIpc) is 2.47. The molecule has 0 aliphatic rings. The van der Waals surface area contributed by atoms with E-state index in [-0.39, 0.29) is 10.8 Å². The zero-order valence-electron chi connectivity index (χ0n) is 11.1. The molecule has 0 aliphatic heterocycles. The first-order valence-corrected chi connectivity index (χ1v) is 6.89. The van der Waals surface area contributed by atoms with Crippen molar-refractivity contribution in [2.24, 2.45) is 0 Å². The molecule has 0 fully saturated rings. The second-order valence-corrected chi connectivity index (χ2v) is 5.31. The van der Waals surface area contributed by atoms with E-state index >= 15 is 0 Å². The van der Waals surface area contributed by atoms with Gasteiger partial charge in [-0.2, -0.15) is 13.2 Å². The number of rotatable bonds is 3. The molecule has 0 unspecified atom stereocenters. The second kappa shape index (κ2) is 6.22. The van der Waals surface area contributed by atoms with Gasteiger partial charge >= 0.3 is 6.18 Å². The number of amides is 1. The molecule has 1 amide bonds. The van der Waals surface area contributed by atoms with E-state index in [1.54, 1.807) is 30.3 Å². The van der Waals surface area contributed by atoms with Crippen LogP contribution in [0.1, 0.15) is 15.9 Å². The largest absolute Gasteiger partial charge is 0.417 e. The van der Waals surface area contributed by atoms with Crippen molar-refractivity contribution in [2.75, 3.05) is 7.05 Å². The maximum absolute atomic E-state index is 12.9. The van der Waals surface area contributed by atoms with Gasteiger partial charge in [-0.1, -0.05) is 23.9 Å². The molecule has 0 heterocycles. The lowest BCUT2D eigenvalue weighted by atomic mass is 10.2. The van der Waals surface area contributed by atoms with Gasteiger partial charge in [0.15, 0.2) is 0 Å². The van der Waals surface area contributed by atoms with Gasteiger partial charge in [-0.15, -0.1) is 0 Å². The van der Waals surface area contributed by atoms with E-state index < -0.39 is 11.7 Å². The van der Waals surface area contributed by atoms with Crippen molar-refractivity contribution in [1.29, 1.82) is 0 Å². The minimum atomic E-state index is -4.38. The normalized spacial score (nSPS) is 11.2. The van der Waals surface area contributed by atoms with Gasteiger partial charge < -0.3 is 5.32 Å². The number of nitrogens with one attached hydrogen (secondary N) is 1. The third-order valence-corrected chi connectivity index (χ3v) is 3.85. The molecule has 6 heteroatoms. The molecular weight excluding hydrogens is 299 g/mol. The summed E-state index contributed by atoms with van der Waals surface area (Å²) in [5.74, 6) is -0.234. The quantitative estimate of drug-likeness (QED) is 0.919. The van der Waals surface area contributed by atoms with Crippen molar-refractivity contribution in [3.05, 3.63) is 59.7 Å². The van der Waals surface area contributed by atoms with Crippen LogP contribution in [0.3, 0.4) is 0 Å². The first kappa shape index (κ1) is 15.4. The summed E-state index contributed by atoms with van der Waals surface area (Å²) in [6.07, 6.45) is -4.38. The van der Waals surface area contributed by atoms with Crippen LogP contribution >= 0.6 is 11.8 Å². The topological polar surface area (TPSA) is 29.1 Å². The summed E-state index contributed by atoms with van der Waals surface area (Å²) >= 11 is 1.02. The van der Waals surface area contributed by atoms with Crippen LogP contribution in [0.15, 0.2) is 58.3 Å². The van der Waals surface area contributed by atoms with E-state index in [2.05, 4.69) is 5.32 Å². The molecule has 110 valence electrons. The van der Waals surface area contributed by atoms with Crippen LogP contribution < -0.4 is 5.32 Å². The fraction of sp³-hybridized carbons (Fsp3) is 0.133. The summed E-state index contributed by atoms with van der Waals surface area (Å²) in [4.78, 5) is 12.2. The summed E-state index contributed by atoms with van der Waals surface area (Å²) in [7, 11) is 1.52. The van der Waals surface area contributed by atoms with Crippen molar-refractivity contribution in [3.8, 4) is 0 Å². The van der Waals surface area contributed by atoms with Gasteiger partial charge in [-0.25, -0.2) is 0 Å². The lowest BCUT2D eigenvalue weighted by Gasteiger charge is -2.12. The Labute approximate surface area is 124 Å². The predicted octanol–water partition coefficient (Wildman–Crippen LogP) is 4.22. The Morgan fingerprint density at radius 1 is 1.05 bits per heavy atom. The molecule has 0 aliphatic carbocycles. The third-order valence-electron chi connectivity index (χ3n) is 2.76. The lowest BCUT2D eigenvalue weighted by molar-refractivity contribution is -0.139. The fourth-order valence-electron chi connectivity index (χ4n) is 1.74. The maximum Gasteiger partial charge on any atom is 0.417 e. The van der Waals surface area contributed by atoms with E-state index in [1.807, 2.05) is 0 Å². The molecular formula is C15H12F3NOS. The van der Waals surface area contributed by atoms with Crippen LogP contribution in [0.2, 0.25) is 0 Å². The third kappa shape index (κ3) is 3.78. The highest BCUT2D eigenvalue weighted by Gasteiger charge is 2.33. The van der Waals surface area contributed by atoms with Crippen molar-refractivity contribution in [2.45, 2.75) is 16.0 Å². The Bertz CT molecular complexity index is 638. The highest BCUT2D eigenvalue weighted by atomic mass is 32.2. The summed E-state index contributed by atoms with van der Waals surface area (Å²) in [6, 6.07) is 11.8. The first-order chi connectivity index (χ1) is 9.91. The van der Waals surface area contributed by atoms with Crippen LogP contribution in [0.25, 0.3) is 0 Å². The number of hydrogen-bond acceptors (Lipinski definition) is 2. The molecule has 1 N–H and O–H groups in total. The fourth-order valence-corrected chi connectivity index (χ4v) is 2.70. The molecule has 2 aromatic carbocycles. The summed E-state index contributed by atoms with van der Waals surface area (Å²) in [5.41, 5.74) is -0.198. The highest BCUT2D eigenvalue weighted by molar-refractivity contribution is 7.99. The molecule has 0 radical (unpaired) electrons. The van der Waals surface area contributed by atoms with E-state index in [0.29, 0.717) is 10.5 Å². The Hall–Kier alpha value is -1.95. The molecule has 2 rings (SSSR count). The van der Waals surface area contributed by atoms with Crippen molar-refractivity contribution in [1.82, 2.24) is 5.32 Å². The number of carbonyl (C=O) groups excluding carboxylic acids is 1. The van der Waals surface area contributed by atoms with E-state index in [1.165, 1.54) is 19.2 Å². The smallest absolute Gasteiger partial charge is 0.355 e. The maximum atomic E-state index is 12.9. The summed E-state index contributed by atoms with van der Waals surface area (Å²) in [6.45, 7) is 0. The number of halogens is 3. The monoisotopic (exact) mass is 311 g/mol. The van der Waals surface area contributed by atoms with Crippen molar-refractivity contribution < 1.29 is 18.0 Å². The molecule has 0 spiro atoms. The molecule has 21 heavy (non-hydrogen) atoms. The first-order valence-electron chi connectivity index (χ1n) is 6.08. The SMILES string of the molecule is CNC(=O)c1ccc(Sc2ccccc2C(F)(F)F)cc1. The summed E-state index contributed by atoms with van der Waals surface area (Å²) < 4.78 is 38.7. The number of benzene rings is 2. The average molecular weight is 311 g/mol. The molecule has 2 aromatic rings. The molecule has 0 saturated carbocycles. The van der Waals surface area contributed by atoms with Crippen LogP contribution in [-0.4, -0.2) is 13.0 Å². The second-order valence-electron chi connectivity index (χ2n) is 4.20. The molecule has 0 saturated heterocycles. The van der Waals surface area contributed by atoms with E-state index in [0.717, 1.165) is 17.8 Å². The van der Waals surface area contributed by atoms with Crippen LogP contribution in [0, 0.1) is 0 Å². The lowest BCUT2D eigenvalue weighted by Crippen LogP contribution is -2.17. The number of hydrogen-bond donors (Lipinski definition) is 1. The summed E-state index contributed by atoms with van der Waals surface area (Å²) in [5, 5.41) is 2.48. The van der Waals surface area contributed by atoms with Crippen LogP contribution in [-0.2, 0) is 6.18 Å². The van der Waals surface area contributed by atoms with Gasteiger partial charge in [0.05, 0.1) is 5.56 Å². The van der Waals surface area contributed by atoms with Gasteiger partial charge in [0.1, 0.15) is 0 Å². The number of carbonyl (C=O) groups is 1. The van der Waals surface area contributed by atoms with Gasteiger partial charge in [-0.05, 0) is 36.4 Å². The van der Waals surface area contributed by atoms with Gasteiger partial charge in [-0.3, -0.25) is 4.79 Å². The van der Waals surface area contributed by atoms with E-state index in [9.17, 15) is 18.0 Å². The predicted molar refractivity (Wildman–Crippen MR) is 75.4 cm³/mol. The van der Waals surface area contributed by atoms with Gasteiger partial charge in [0, 0.05) is 22.4 Å². The Kier molecular flexibility index (Phi) is 4.57. The standard InChI is InChI=1S/C15H12F3NOS/c1-19-14(20)10-6-8-11(9-7-10)21-13-5-3-2-4-12(13)15(16,17)18/h2-9H,1H3,(H,19,20). The number of alkyl halides is 3. The minimum Gasteiger partial charge on any atom is -0.355 e. The molecule has 0 atom stereocenters. The molecule has 0 aromatic heterocycles. The van der Waals surface area contributed by atoms with Crippen molar-refractivity contribution >= 4 is 17.7 Å². The molecule has 0 bridgehead atoms. The zero-order valence-corrected chi connectivity index (χ0v) is 11.9. The van der Waals surface area contributed by atoms with Gasteiger partial charge in [0.25, 0.3) is 5.91 Å². The van der Waals surface area contributed by atoms with Crippen molar-refractivity contribution in [3.63, 3.8) is 0 Å². The van der Waals surface area contributed by atoms with Crippen LogP contribution in [0.4, 0.5) is 13.2 Å². The van der Waals surface area contributed by atoms with Gasteiger partial charge in [0.2, 0.25) is 0 Å². The highest BCUT2D eigenvalue weighted by Crippen LogP contribution is 2.39. The van der Waals surface area contributed by atoms with E-state index in [4.69, 9.17) is 0 Å². The Balaban J connectivity index is 2.25. The zero-order chi connectivity index (χ0) is 15.5. The van der Waals surface area contributed by atoms with Crippen LogP contribution in [0.5, 0.6) is 0 Å².